The van der Waals surface area contributed by atoms with E-state index in [-0.39, 0.29) is 5.92 Å². The van der Waals surface area contributed by atoms with Gasteiger partial charge in [0, 0.05) is 6.54 Å². The molecular weight excluding hydrogens is 280 g/mol. The first kappa shape index (κ1) is 16.9. The molecule has 0 heterocycles. The molecule has 0 radical (unpaired) electrons. The molecule has 0 bridgehead atoms. The van der Waals surface area contributed by atoms with Crippen molar-refractivity contribution in [2.45, 2.75) is 26.8 Å². The topological polar surface area (TPSA) is 84.2 Å². The third kappa shape index (κ3) is 4.70. The van der Waals surface area contributed by atoms with Crippen molar-refractivity contribution in [1.29, 1.82) is 0 Å². The van der Waals surface area contributed by atoms with Gasteiger partial charge in [-0.3, -0.25) is 9.59 Å². The van der Waals surface area contributed by atoms with Crippen molar-refractivity contribution in [2.75, 3.05) is 12.3 Å². The molecule has 0 spiro atoms. The fraction of sp³-hybridized carbons (Fsp3) is 0.429. The Morgan fingerprint density at radius 3 is 2.43 bits per heavy atom. The summed E-state index contributed by atoms with van der Waals surface area (Å²) in [7, 11) is 0. The van der Waals surface area contributed by atoms with E-state index in [0.29, 0.717) is 6.54 Å². The summed E-state index contributed by atoms with van der Waals surface area (Å²) in [6.45, 7) is 5.76. The van der Waals surface area contributed by atoms with Crippen molar-refractivity contribution in [3.05, 3.63) is 29.3 Å². The number of hydrogen-bond acceptors (Lipinski definition) is 3. The van der Waals surface area contributed by atoms with Crippen LogP contribution in [0.1, 0.15) is 31.1 Å². The van der Waals surface area contributed by atoms with Gasteiger partial charge in [-0.2, -0.15) is 0 Å². The van der Waals surface area contributed by atoms with Crippen LogP contribution < -0.4 is 16.4 Å². The number of hydrogen-bond donors (Lipinski definition) is 3. The Morgan fingerprint density at radius 2 is 1.86 bits per heavy atom. The van der Waals surface area contributed by atoms with Crippen LogP contribution in [0.2, 0.25) is 0 Å². The molecular formula is C14H19F2N3O2. The van der Waals surface area contributed by atoms with Crippen molar-refractivity contribution < 1.29 is 18.4 Å². The molecule has 1 rings (SSSR count). The Labute approximate surface area is 121 Å². The Morgan fingerprint density at radius 1 is 1.24 bits per heavy atom. The Balaban J connectivity index is 2.75. The maximum atomic E-state index is 13.7. The van der Waals surface area contributed by atoms with Gasteiger partial charge in [-0.05, 0) is 25.0 Å². The van der Waals surface area contributed by atoms with Crippen molar-refractivity contribution in [2.24, 2.45) is 5.92 Å². The third-order valence-electron chi connectivity index (χ3n) is 2.74. The van der Waals surface area contributed by atoms with Gasteiger partial charge in [-0.1, -0.05) is 13.8 Å². The lowest BCUT2D eigenvalue weighted by atomic mass is 10.1. The maximum Gasteiger partial charge on any atom is 0.255 e. The van der Waals surface area contributed by atoms with Gasteiger partial charge in [0.2, 0.25) is 5.91 Å². The number of rotatable bonds is 5. The highest BCUT2D eigenvalue weighted by atomic mass is 19.1. The second-order valence-electron chi connectivity index (χ2n) is 5.19. The molecule has 7 heteroatoms. The molecule has 0 fully saturated rings. The second-order valence-corrected chi connectivity index (χ2v) is 5.19. The molecule has 1 aromatic carbocycles. The minimum atomic E-state index is -1.01. The van der Waals surface area contributed by atoms with Crippen LogP contribution in [-0.4, -0.2) is 24.4 Å². The lowest BCUT2D eigenvalue weighted by molar-refractivity contribution is -0.122. The third-order valence-corrected chi connectivity index (χ3v) is 2.74. The predicted octanol–water partition coefficient (Wildman–Crippen LogP) is 1.44. The molecule has 5 nitrogen and oxygen atoms in total. The molecule has 0 aliphatic heterocycles. The summed E-state index contributed by atoms with van der Waals surface area (Å²) in [5.41, 5.74) is 4.26. The molecule has 0 saturated heterocycles. The van der Waals surface area contributed by atoms with E-state index >= 15 is 0 Å². The molecule has 0 aromatic heterocycles. The van der Waals surface area contributed by atoms with Crippen LogP contribution in [-0.2, 0) is 4.79 Å². The highest BCUT2D eigenvalue weighted by Gasteiger charge is 2.20. The smallest absolute Gasteiger partial charge is 0.255 e. The summed E-state index contributed by atoms with van der Waals surface area (Å²) >= 11 is 0. The summed E-state index contributed by atoms with van der Waals surface area (Å²) < 4.78 is 26.9. The number of carbonyl (C=O) groups is 2. The standard InChI is InChI=1S/C14H19F2N3O2/c1-7(2)6-18-13(20)8(3)19-14(21)10-4-9(15)5-11(17)12(10)16/h4-5,7-8H,6,17H2,1-3H3,(H,18,20)(H,19,21). The number of benzene rings is 1. The van der Waals surface area contributed by atoms with Crippen LogP contribution in [0.5, 0.6) is 0 Å². The first-order valence-electron chi connectivity index (χ1n) is 6.55. The lowest BCUT2D eigenvalue weighted by Crippen LogP contribution is -2.45. The summed E-state index contributed by atoms with van der Waals surface area (Å²) in [6, 6.07) is 0.644. The molecule has 1 atom stereocenters. The number of nitrogens with two attached hydrogens (primary N) is 1. The van der Waals surface area contributed by atoms with Crippen LogP contribution in [0.15, 0.2) is 12.1 Å². The van der Waals surface area contributed by atoms with E-state index in [2.05, 4.69) is 10.6 Å². The lowest BCUT2D eigenvalue weighted by Gasteiger charge is -2.15. The summed E-state index contributed by atoms with van der Waals surface area (Å²) in [6.07, 6.45) is 0. The molecule has 116 valence electrons. The largest absolute Gasteiger partial charge is 0.396 e. The maximum absolute atomic E-state index is 13.7. The van der Waals surface area contributed by atoms with Crippen molar-refractivity contribution in [3.63, 3.8) is 0 Å². The monoisotopic (exact) mass is 299 g/mol. The van der Waals surface area contributed by atoms with Gasteiger partial charge in [0.15, 0.2) is 5.82 Å². The van der Waals surface area contributed by atoms with Crippen LogP contribution in [0.25, 0.3) is 0 Å². The van der Waals surface area contributed by atoms with Crippen molar-refractivity contribution >= 4 is 17.5 Å². The Bertz CT molecular complexity index is 547. The number of nitrogen functional groups attached to an aromatic ring is 1. The molecule has 21 heavy (non-hydrogen) atoms. The fourth-order valence-corrected chi connectivity index (χ4v) is 1.57. The van der Waals surface area contributed by atoms with Crippen LogP contribution >= 0.6 is 0 Å². The zero-order valence-corrected chi connectivity index (χ0v) is 12.2. The van der Waals surface area contributed by atoms with Crippen LogP contribution in [0.3, 0.4) is 0 Å². The minimum absolute atomic E-state index is 0.261. The summed E-state index contributed by atoms with van der Waals surface area (Å²) in [5, 5.41) is 4.93. The zero-order valence-electron chi connectivity index (χ0n) is 12.2. The highest BCUT2D eigenvalue weighted by Crippen LogP contribution is 2.17. The van der Waals surface area contributed by atoms with E-state index in [1.54, 1.807) is 0 Å². The first-order valence-corrected chi connectivity index (χ1v) is 6.55. The minimum Gasteiger partial charge on any atom is -0.396 e. The van der Waals surface area contributed by atoms with E-state index < -0.39 is 40.7 Å². The molecule has 1 unspecified atom stereocenters. The Kier molecular flexibility index (Phi) is 5.63. The number of carbonyl (C=O) groups excluding carboxylic acids is 2. The summed E-state index contributed by atoms with van der Waals surface area (Å²) in [4.78, 5) is 23.6. The SMILES string of the molecule is CC(C)CNC(=O)C(C)NC(=O)c1cc(F)cc(N)c1F. The Hall–Kier alpha value is -2.18. The van der Waals surface area contributed by atoms with Gasteiger partial charge in [-0.25, -0.2) is 8.78 Å². The van der Waals surface area contributed by atoms with E-state index in [9.17, 15) is 18.4 Å². The summed E-state index contributed by atoms with van der Waals surface area (Å²) in [5.74, 6) is -2.87. The molecule has 4 N–H and O–H groups in total. The van der Waals surface area contributed by atoms with E-state index in [0.717, 1.165) is 12.1 Å². The van der Waals surface area contributed by atoms with Gasteiger partial charge >= 0.3 is 0 Å². The van der Waals surface area contributed by atoms with Gasteiger partial charge in [0.05, 0.1) is 11.3 Å². The zero-order chi connectivity index (χ0) is 16.2. The average Bonchev–Trinajstić information content (AvgIpc) is 2.39. The predicted molar refractivity (Wildman–Crippen MR) is 75.5 cm³/mol. The van der Waals surface area contributed by atoms with Crippen molar-refractivity contribution in [3.8, 4) is 0 Å². The normalized spacial score (nSPS) is 12.1. The van der Waals surface area contributed by atoms with E-state index in [1.807, 2.05) is 13.8 Å². The van der Waals surface area contributed by atoms with Gasteiger partial charge in [0.25, 0.3) is 5.91 Å². The van der Waals surface area contributed by atoms with Crippen molar-refractivity contribution in [1.82, 2.24) is 10.6 Å². The average molecular weight is 299 g/mol. The van der Waals surface area contributed by atoms with Gasteiger partial charge < -0.3 is 16.4 Å². The van der Waals surface area contributed by atoms with Crippen LogP contribution in [0, 0.1) is 17.6 Å². The number of halogens is 2. The number of anilines is 1. The van der Waals surface area contributed by atoms with Crippen LogP contribution in [0.4, 0.5) is 14.5 Å². The molecule has 1 aromatic rings. The molecule has 0 aliphatic rings. The number of amides is 2. The molecule has 0 saturated carbocycles. The highest BCUT2D eigenvalue weighted by molar-refractivity contribution is 5.98. The van der Waals surface area contributed by atoms with E-state index in [1.165, 1.54) is 6.92 Å². The van der Waals surface area contributed by atoms with Gasteiger partial charge in [0.1, 0.15) is 11.9 Å². The number of nitrogens with one attached hydrogen (secondary N) is 2. The molecule has 0 aliphatic carbocycles. The first-order chi connectivity index (χ1) is 9.72. The second kappa shape index (κ2) is 7.01. The molecule has 2 amide bonds. The van der Waals surface area contributed by atoms with E-state index in [4.69, 9.17) is 5.73 Å². The fourth-order valence-electron chi connectivity index (χ4n) is 1.57. The van der Waals surface area contributed by atoms with Gasteiger partial charge in [-0.15, -0.1) is 0 Å². The quantitative estimate of drug-likeness (QED) is 0.719.